The second-order valence-electron chi connectivity index (χ2n) is 8.28. The van der Waals surface area contributed by atoms with E-state index in [9.17, 15) is 0 Å². The molecule has 6 nitrogen and oxygen atoms in total. The van der Waals surface area contributed by atoms with Crippen molar-refractivity contribution in [1.82, 2.24) is 20.6 Å². The minimum absolute atomic E-state index is 0. The summed E-state index contributed by atoms with van der Waals surface area (Å²) in [7, 11) is 0. The summed E-state index contributed by atoms with van der Waals surface area (Å²) in [6.07, 6.45) is 0. The zero-order chi connectivity index (χ0) is 26.2. The second kappa shape index (κ2) is 13.0. The third-order valence-electron chi connectivity index (χ3n) is 5.66. The summed E-state index contributed by atoms with van der Waals surface area (Å²) in [5, 5.41) is 11.5. The molecule has 0 aliphatic carbocycles. The van der Waals surface area contributed by atoms with Gasteiger partial charge in [-0.05, 0) is 12.2 Å². The van der Waals surface area contributed by atoms with Gasteiger partial charge in [0.15, 0.2) is 0 Å². The first-order chi connectivity index (χ1) is 18.7. The highest BCUT2D eigenvalue weighted by atomic mass is 32.1. The summed E-state index contributed by atoms with van der Waals surface area (Å²) >= 11 is 5.08. The monoisotopic (exact) mass is 528 g/mol. The number of rotatable bonds is 4. The van der Waals surface area contributed by atoms with Gasteiger partial charge in [0.2, 0.25) is 4.77 Å². The molecule has 0 fully saturated rings. The summed E-state index contributed by atoms with van der Waals surface area (Å²) in [5.41, 5.74) is 10.2. The van der Waals surface area contributed by atoms with Gasteiger partial charge in [-0.1, -0.05) is 135 Å². The molecule has 7 heteroatoms. The van der Waals surface area contributed by atoms with Gasteiger partial charge in [-0.15, -0.1) is 0 Å². The van der Waals surface area contributed by atoms with E-state index < -0.39 is 0 Å². The van der Waals surface area contributed by atoms with Crippen molar-refractivity contribution in [3.8, 4) is 22.5 Å². The lowest BCUT2D eigenvalue weighted by molar-refractivity contribution is 0.869. The van der Waals surface area contributed by atoms with E-state index in [2.05, 4.69) is 37.3 Å². The summed E-state index contributed by atoms with van der Waals surface area (Å²) in [4.78, 5) is 8.91. The quantitative estimate of drug-likeness (QED) is 0.237. The predicted molar refractivity (Wildman–Crippen MR) is 163 cm³/mol. The molecular weight excluding hydrogens is 500 g/mol. The third-order valence-corrected chi connectivity index (χ3v) is 5.84. The zero-order valence-corrected chi connectivity index (χ0v) is 21.3. The fourth-order valence-corrected chi connectivity index (χ4v) is 4.05. The lowest BCUT2D eigenvalue weighted by atomic mass is 9.99. The highest BCUT2D eigenvalue weighted by Crippen LogP contribution is 2.27. The van der Waals surface area contributed by atoms with E-state index >= 15 is 0 Å². The molecular formula is C32H28N6S. The molecule has 1 aliphatic heterocycles. The van der Waals surface area contributed by atoms with Gasteiger partial charge in [-0.2, -0.15) is 10.2 Å². The highest BCUT2D eigenvalue weighted by molar-refractivity contribution is 7.71. The van der Waals surface area contributed by atoms with Crippen LogP contribution in [0.25, 0.3) is 22.5 Å². The van der Waals surface area contributed by atoms with Crippen LogP contribution >= 0.6 is 12.2 Å². The maximum Gasteiger partial charge on any atom is 0.214 e. The van der Waals surface area contributed by atoms with E-state index in [4.69, 9.17) is 12.2 Å². The average molecular weight is 529 g/mol. The number of hydrogen-bond acceptors (Lipinski definition) is 6. The SMILES string of the molecule is C.C=C1N=C(c2ccccc2)C(c2ccccc2)=NN1.S=c1nc(-c2ccccc2)c(-c2ccccc2)n[nH]1. The van der Waals surface area contributed by atoms with E-state index in [1.807, 2.05) is 121 Å². The maximum atomic E-state index is 5.08. The first-order valence-corrected chi connectivity index (χ1v) is 12.4. The number of hydrogen-bond donors (Lipinski definition) is 2. The van der Waals surface area contributed by atoms with Gasteiger partial charge < -0.3 is 0 Å². The van der Waals surface area contributed by atoms with Crippen molar-refractivity contribution in [1.29, 1.82) is 0 Å². The fraction of sp³-hybridized carbons (Fsp3) is 0.0312. The molecule has 2 heterocycles. The van der Waals surface area contributed by atoms with Gasteiger partial charge in [0.1, 0.15) is 28.6 Å². The van der Waals surface area contributed by atoms with Crippen LogP contribution in [-0.2, 0) is 0 Å². The number of aromatic nitrogens is 3. The Morgan fingerprint density at radius 3 is 1.51 bits per heavy atom. The molecule has 0 atom stereocenters. The van der Waals surface area contributed by atoms with Gasteiger partial charge in [0.05, 0.1) is 0 Å². The van der Waals surface area contributed by atoms with E-state index in [0.717, 1.165) is 45.1 Å². The molecule has 0 amide bonds. The highest BCUT2D eigenvalue weighted by Gasteiger charge is 2.17. The first kappa shape index (κ1) is 27.0. The van der Waals surface area contributed by atoms with Crippen molar-refractivity contribution in [3.63, 3.8) is 0 Å². The van der Waals surface area contributed by atoms with E-state index in [-0.39, 0.29) is 7.43 Å². The van der Waals surface area contributed by atoms with Crippen molar-refractivity contribution in [3.05, 3.63) is 150 Å². The molecule has 0 unspecified atom stereocenters. The zero-order valence-electron chi connectivity index (χ0n) is 20.5. The summed E-state index contributed by atoms with van der Waals surface area (Å²) < 4.78 is 0.388. The molecule has 192 valence electrons. The van der Waals surface area contributed by atoms with Crippen LogP contribution in [-0.4, -0.2) is 26.6 Å². The van der Waals surface area contributed by atoms with E-state index in [1.54, 1.807) is 0 Å². The van der Waals surface area contributed by atoms with Gasteiger partial charge in [0, 0.05) is 22.3 Å². The van der Waals surface area contributed by atoms with Crippen molar-refractivity contribution in [2.75, 3.05) is 0 Å². The van der Waals surface area contributed by atoms with Crippen LogP contribution < -0.4 is 5.43 Å². The topological polar surface area (TPSA) is 78.3 Å². The molecule has 0 bridgehead atoms. The molecule has 39 heavy (non-hydrogen) atoms. The Labute approximate surface area is 233 Å². The first-order valence-electron chi connectivity index (χ1n) is 12.0. The predicted octanol–water partition coefficient (Wildman–Crippen LogP) is 7.46. The third kappa shape index (κ3) is 6.66. The van der Waals surface area contributed by atoms with Gasteiger partial charge >= 0.3 is 0 Å². The van der Waals surface area contributed by atoms with Crippen LogP contribution in [0.1, 0.15) is 18.6 Å². The Morgan fingerprint density at radius 1 is 0.564 bits per heavy atom. The van der Waals surface area contributed by atoms with Crippen molar-refractivity contribution in [2.45, 2.75) is 7.43 Å². The summed E-state index contributed by atoms with van der Waals surface area (Å²) in [6.45, 7) is 3.81. The van der Waals surface area contributed by atoms with Crippen molar-refractivity contribution >= 4 is 23.6 Å². The largest absolute Gasteiger partial charge is 0.261 e. The molecule has 0 saturated carbocycles. The lowest BCUT2D eigenvalue weighted by Crippen LogP contribution is -2.25. The van der Waals surface area contributed by atoms with Gasteiger partial charge in [-0.25, -0.2) is 9.98 Å². The Morgan fingerprint density at radius 2 is 1.00 bits per heavy atom. The average Bonchev–Trinajstić information content (AvgIpc) is 2.99. The Bertz CT molecular complexity index is 1650. The Kier molecular flexibility index (Phi) is 9.00. The molecule has 5 aromatic rings. The summed E-state index contributed by atoms with van der Waals surface area (Å²) in [6, 6.07) is 39.9. The smallest absolute Gasteiger partial charge is 0.214 e. The number of nitrogens with one attached hydrogen (secondary N) is 2. The van der Waals surface area contributed by atoms with E-state index in [0.29, 0.717) is 10.6 Å². The number of benzene rings is 4. The maximum absolute atomic E-state index is 5.08. The number of hydrazone groups is 1. The second-order valence-corrected chi connectivity index (χ2v) is 8.67. The molecule has 0 spiro atoms. The van der Waals surface area contributed by atoms with Crippen LogP contribution in [0.15, 0.2) is 144 Å². The molecule has 4 aromatic carbocycles. The van der Waals surface area contributed by atoms with Crippen LogP contribution in [0, 0.1) is 4.77 Å². The fourth-order valence-electron chi connectivity index (χ4n) is 3.91. The van der Waals surface area contributed by atoms with Crippen molar-refractivity contribution in [2.24, 2.45) is 10.1 Å². The molecule has 0 radical (unpaired) electrons. The van der Waals surface area contributed by atoms with Crippen LogP contribution in [0.5, 0.6) is 0 Å². The molecule has 0 saturated heterocycles. The number of H-pyrrole nitrogens is 1. The number of aliphatic imine (C=N–C) groups is 1. The molecule has 1 aromatic heterocycles. The molecule has 2 N–H and O–H groups in total. The molecule has 1 aliphatic rings. The standard InChI is InChI=1S/C16H13N3.C15H11N3S.CH4/c1-12-17-15(13-8-4-2-5-9-13)16(19-18-12)14-10-6-3-7-11-14;19-15-16-13(11-7-3-1-4-8-11)14(17-18-15)12-9-5-2-6-10-12;/h2-11,18H,1H2;1-10H,(H,16,18,19);1H4. The lowest BCUT2D eigenvalue weighted by Gasteiger charge is -2.16. The van der Waals surface area contributed by atoms with Crippen LogP contribution in [0.2, 0.25) is 0 Å². The Hall–Kier alpha value is -5.01. The normalized spacial score (nSPS) is 12.1. The number of aromatic amines is 1. The molecule has 6 rings (SSSR count). The van der Waals surface area contributed by atoms with E-state index in [1.165, 1.54) is 0 Å². The van der Waals surface area contributed by atoms with Crippen molar-refractivity contribution < 1.29 is 0 Å². The minimum atomic E-state index is 0. The van der Waals surface area contributed by atoms with Gasteiger partial charge in [0.25, 0.3) is 0 Å². The minimum Gasteiger partial charge on any atom is -0.261 e. The number of nitrogens with zero attached hydrogens (tertiary/aromatic N) is 4. The summed E-state index contributed by atoms with van der Waals surface area (Å²) in [5.74, 6) is 0.554. The Balaban J connectivity index is 0.000000176. The van der Waals surface area contributed by atoms with Crippen LogP contribution in [0.3, 0.4) is 0 Å². The van der Waals surface area contributed by atoms with Crippen LogP contribution in [0.4, 0.5) is 0 Å². The van der Waals surface area contributed by atoms with Gasteiger partial charge in [-0.3, -0.25) is 10.5 Å².